The number of likely N-dealkylation sites (tertiary alicyclic amines) is 1. The van der Waals surface area contributed by atoms with Gasteiger partial charge in [-0.15, -0.1) is 0 Å². The van der Waals surface area contributed by atoms with Gasteiger partial charge in [0.1, 0.15) is 4.90 Å². The third kappa shape index (κ3) is 4.28. The molecule has 6 nitrogen and oxygen atoms in total. The number of aromatic nitrogens is 2. The zero-order valence-corrected chi connectivity index (χ0v) is 14.0. The first-order valence-electron chi connectivity index (χ1n) is 7.63. The first-order valence-corrected chi connectivity index (χ1v) is 9.12. The molecule has 2 heterocycles. The van der Waals surface area contributed by atoms with Crippen molar-refractivity contribution in [2.45, 2.75) is 44.9 Å². The molecule has 1 aliphatic rings. The van der Waals surface area contributed by atoms with Crippen LogP contribution in [0, 0.1) is 19.8 Å². The van der Waals surface area contributed by atoms with Crippen molar-refractivity contribution in [1.82, 2.24) is 19.8 Å². The van der Waals surface area contributed by atoms with Gasteiger partial charge in [0.05, 0.1) is 11.4 Å². The highest BCUT2D eigenvalue weighted by molar-refractivity contribution is 7.89. The summed E-state index contributed by atoms with van der Waals surface area (Å²) in [5.74, 6) is 0.826. The molecule has 1 saturated heterocycles. The van der Waals surface area contributed by atoms with Crippen LogP contribution in [0.1, 0.15) is 37.6 Å². The van der Waals surface area contributed by atoms with Crippen LogP contribution >= 0.6 is 0 Å². The quantitative estimate of drug-likeness (QED) is 0.779. The highest BCUT2D eigenvalue weighted by atomic mass is 32.2. The van der Waals surface area contributed by atoms with E-state index in [2.05, 4.69) is 26.7 Å². The van der Waals surface area contributed by atoms with E-state index in [0.29, 0.717) is 17.9 Å². The molecule has 120 valence electrons. The van der Waals surface area contributed by atoms with Crippen LogP contribution in [-0.4, -0.2) is 49.7 Å². The molecule has 0 atom stereocenters. The van der Waals surface area contributed by atoms with E-state index in [9.17, 15) is 8.42 Å². The van der Waals surface area contributed by atoms with Crippen LogP contribution in [0.15, 0.2) is 4.90 Å². The molecule has 0 amide bonds. The third-order valence-corrected chi connectivity index (χ3v) is 5.87. The molecular formula is C14H26N4O2S. The Morgan fingerprint density at radius 3 is 2.57 bits per heavy atom. The van der Waals surface area contributed by atoms with E-state index in [0.717, 1.165) is 32.0 Å². The van der Waals surface area contributed by atoms with Gasteiger partial charge >= 0.3 is 0 Å². The molecule has 1 aromatic heterocycles. The second kappa shape index (κ2) is 6.89. The summed E-state index contributed by atoms with van der Waals surface area (Å²) in [6, 6.07) is 0. The molecule has 0 spiro atoms. The summed E-state index contributed by atoms with van der Waals surface area (Å²) in [5.41, 5.74) is 1.11. The molecule has 2 N–H and O–H groups in total. The number of aryl methyl sites for hydroxylation is 2. The van der Waals surface area contributed by atoms with Crippen LogP contribution in [0.2, 0.25) is 0 Å². The molecule has 1 aliphatic heterocycles. The van der Waals surface area contributed by atoms with E-state index >= 15 is 0 Å². The number of nitrogens with zero attached hydrogens (tertiary/aromatic N) is 2. The fraction of sp³-hybridized carbons (Fsp3) is 0.786. The monoisotopic (exact) mass is 314 g/mol. The lowest BCUT2D eigenvalue weighted by atomic mass is 9.99. The number of hydrogen-bond donors (Lipinski definition) is 2. The summed E-state index contributed by atoms with van der Waals surface area (Å²) in [6.45, 7) is 9.41. The van der Waals surface area contributed by atoms with Gasteiger partial charge < -0.3 is 4.90 Å². The molecule has 0 aliphatic carbocycles. The van der Waals surface area contributed by atoms with Gasteiger partial charge in [-0.2, -0.15) is 5.10 Å². The van der Waals surface area contributed by atoms with E-state index < -0.39 is 10.0 Å². The summed E-state index contributed by atoms with van der Waals surface area (Å²) in [4.78, 5) is 2.71. The molecule has 21 heavy (non-hydrogen) atoms. The average molecular weight is 314 g/mol. The van der Waals surface area contributed by atoms with Crippen molar-refractivity contribution in [1.29, 1.82) is 0 Å². The van der Waals surface area contributed by atoms with Crippen LogP contribution in [0.3, 0.4) is 0 Å². The molecule has 0 aromatic carbocycles. The number of piperidine rings is 1. The van der Waals surface area contributed by atoms with Gasteiger partial charge in [0.15, 0.2) is 0 Å². The van der Waals surface area contributed by atoms with Crippen LogP contribution < -0.4 is 4.72 Å². The van der Waals surface area contributed by atoms with Crippen LogP contribution in [0.5, 0.6) is 0 Å². The highest BCUT2D eigenvalue weighted by Gasteiger charge is 2.21. The Balaban J connectivity index is 1.78. The van der Waals surface area contributed by atoms with Crippen molar-refractivity contribution >= 4 is 10.0 Å². The van der Waals surface area contributed by atoms with Crippen molar-refractivity contribution < 1.29 is 8.42 Å². The Hall–Kier alpha value is -0.920. The minimum absolute atomic E-state index is 0.286. The van der Waals surface area contributed by atoms with E-state index in [1.165, 1.54) is 12.8 Å². The minimum atomic E-state index is -3.45. The van der Waals surface area contributed by atoms with Crippen molar-refractivity contribution in [3.63, 3.8) is 0 Å². The van der Waals surface area contributed by atoms with Crippen LogP contribution in [0.4, 0.5) is 0 Å². The Morgan fingerprint density at radius 2 is 2.00 bits per heavy atom. The normalized spacial score (nSPS) is 18.2. The molecule has 1 fully saturated rings. The predicted molar refractivity (Wildman–Crippen MR) is 82.7 cm³/mol. The molecule has 0 unspecified atom stereocenters. The van der Waals surface area contributed by atoms with Gasteiger partial charge in [0, 0.05) is 6.54 Å². The largest absolute Gasteiger partial charge is 0.303 e. The maximum absolute atomic E-state index is 12.2. The van der Waals surface area contributed by atoms with Gasteiger partial charge in [-0.25, -0.2) is 13.1 Å². The molecule has 2 rings (SSSR count). The van der Waals surface area contributed by atoms with Crippen LogP contribution in [0.25, 0.3) is 0 Å². The summed E-state index contributed by atoms with van der Waals surface area (Å²) in [7, 11) is -3.45. The fourth-order valence-corrected chi connectivity index (χ4v) is 4.24. The fourth-order valence-electron chi connectivity index (χ4n) is 2.80. The Labute approximate surface area is 127 Å². The maximum Gasteiger partial charge on any atom is 0.244 e. The predicted octanol–water partition coefficient (Wildman–Crippen LogP) is 1.43. The van der Waals surface area contributed by atoms with Crippen molar-refractivity contribution in [2.24, 2.45) is 5.92 Å². The van der Waals surface area contributed by atoms with Gasteiger partial charge in [-0.3, -0.25) is 5.10 Å². The van der Waals surface area contributed by atoms with Crippen molar-refractivity contribution in [3.05, 3.63) is 11.4 Å². The van der Waals surface area contributed by atoms with E-state index in [4.69, 9.17) is 0 Å². The SMILES string of the molecule is Cc1n[nH]c(C)c1S(=O)(=O)NCCCN1CCC(C)CC1. The lowest BCUT2D eigenvalue weighted by Gasteiger charge is -2.30. The smallest absolute Gasteiger partial charge is 0.244 e. The number of H-pyrrole nitrogens is 1. The second-order valence-corrected chi connectivity index (χ2v) is 7.74. The lowest BCUT2D eigenvalue weighted by Crippen LogP contribution is -2.35. The first kappa shape index (κ1) is 16.5. The van der Waals surface area contributed by atoms with Crippen LogP contribution in [-0.2, 0) is 10.0 Å². The molecule has 7 heteroatoms. The van der Waals surface area contributed by atoms with Gasteiger partial charge in [0.25, 0.3) is 0 Å². The van der Waals surface area contributed by atoms with E-state index in [1.54, 1.807) is 13.8 Å². The van der Waals surface area contributed by atoms with E-state index in [1.807, 2.05) is 0 Å². The molecule has 0 bridgehead atoms. The molecular weight excluding hydrogens is 288 g/mol. The zero-order chi connectivity index (χ0) is 15.5. The number of rotatable bonds is 6. The molecule has 0 saturated carbocycles. The topological polar surface area (TPSA) is 78.1 Å². The number of sulfonamides is 1. The highest BCUT2D eigenvalue weighted by Crippen LogP contribution is 2.17. The lowest BCUT2D eigenvalue weighted by molar-refractivity contribution is 0.191. The number of hydrogen-bond acceptors (Lipinski definition) is 4. The minimum Gasteiger partial charge on any atom is -0.303 e. The second-order valence-electron chi connectivity index (χ2n) is 6.04. The third-order valence-electron chi connectivity index (χ3n) is 4.15. The van der Waals surface area contributed by atoms with Crippen molar-refractivity contribution in [3.8, 4) is 0 Å². The first-order chi connectivity index (χ1) is 9.90. The summed E-state index contributed by atoms with van der Waals surface area (Å²) in [6.07, 6.45) is 3.34. The number of nitrogens with one attached hydrogen (secondary N) is 2. The standard InChI is InChI=1S/C14H26N4O2S/c1-11-5-9-18(10-6-11)8-4-7-15-21(19,20)14-12(2)16-17-13(14)3/h11,15H,4-10H2,1-3H3,(H,16,17). The summed E-state index contributed by atoms with van der Waals surface area (Å²) < 4.78 is 27.2. The summed E-state index contributed by atoms with van der Waals surface area (Å²) in [5, 5.41) is 6.65. The van der Waals surface area contributed by atoms with E-state index in [-0.39, 0.29) is 4.90 Å². The van der Waals surface area contributed by atoms with Gasteiger partial charge in [-0.05, 0) is 58.7 Å². The molecule has 0 radical (unpaired) electrons. The Kier molecular flexibility index (Phi) is 5.40. The Morgan fingerprint density at radius 1 is 1.33 bits per heavy atom. The van der Waals surface area contributed by atoms with Gasteiger partial charge in [0.2, 0.25) is 10.0 Å². The zero-order valence-electron chi connectivity index (χ0n) is 13.1. The maximum atomic E-state index is 12.2. The molecule has 1 aromatic rings. The summed E-state index contributed by atoms with van der Waals surface area (Å²) >= 11 is 0. The van der Waals surface area contributed by atoms with Crippen molar-refractivity contribution in [2.75, 3.05) is 26.2 Å². The Bertz CT molecular complexity index is 540. The number of aromatic amines is 1. The average Bonchev–Trinajstić information content (AvgIpc) is 2.77. The van der Waals surface area contributed by atoms with Gasteiger partial charge in [-0.1, -0.05) is 6.92 Å².